The van der Waals surface area contributed by atoms with E-state index in [-0.39, 0.29) is 16.5 Å². The fourth-order valence-electron chi connectivity index (χ4n) is 1.87. The number of esters is 1. The molecule has 1 rings (SSSR count). The van der Waals surface area contributed by atoms with Crippen LogP contribution < -0.4 is 5.73 Å². The Hall–Kier alpha value is -1.44. The van der Waals surface area contributed by atoms with Gasteiger partial charge in [-0.2, -0.15) is 0 Å². The molecule has 0 saturated carbocycles. The van der Waals surface area contributed by atoms with Crippen molar-refractivity contribution in [3.63, 3.8) is 0 Å². The molecule has 1 atom stereocenters. The average molecular weight is 328 g/mol. The number of methoxy groups -OCH3 is 1. The molecule has 0 heterocycles. The van der Waals surface area contributed by atoms with Crippen LogP contribution in [-0.2, 0) is 14.8 Å². The number of sulfonamides is 1. The van der Waals surface area contributed by atoms with Gasteiger partial charge in [0.1, 0.15) is 0 Å². The maximum absolute atomic E-state index is 12.5. The zero-order valence-corrected chi connectivity index (χ0v) is 14.3. The van der Waals surface area contributed by atoms with Crippen LogP contribution in [0.5, 0.6) is 0 Å². The molecule has 0 radical (unpaired) electrons. The number of ether oxygens (including phenoxy) is 1. The monoisotopic (exact) mass is 328 g/mol. The molecule has 1 aromatic carbocycles. The van der Waals surface area contributed by atoms with E-state index in [0.29, 0.717) is 18.9 Å². The highest BCUT2D eigenvalue weighted by molar-refractivity contribution is 7.89. The van der Waals surface area contributed by atoms with E-state index in [1.807, 2.05) is 13.8 Å². The van der Waals surface area contributed by atoms with Crippen molar-refractivity contribution in [2.45, 2.75) is 31.2 Å². The van der Waals surface area contributed by atoms with Gasteiger partial charge in [-0.3, -0.25) is 0 Å². The summed E-state index contributed by atoms with van der Waals surface area (Å²) >= 11 is 0. The summed E-state index contributed by atoms with van der Waals surface area (Å²) in [6, 6.07) is 5.76. The fourth-order valence-corrected chi connectivity index (χ4v) is 3.10. The third-order valence-corrected chi connectivity index (χ3v) is 5.45. The van der Waals surface area contributed by atoms with Crippen LogP contribution in [0, 0.1) is 5.92 Å². The molecular weight excluding hydrogens is 304 g/mol. The number of carbonyl (C=O) groups excluding carboxylic acids is 1. The van der Waals surface area contributed by atoms with Gasteiger partial charge in [0.05, 0.1) is 17.6 Å². The molecule has 0 fully saturated rings. The molecule has 0 bridgehead atoms. The molecule has 124 valence electrons. The first kappa shape index (κ1) is 18.6. The molecule has 0 aliphatic rings. The lowest BCUT2D eigenvalue weighted by Gasteiger charge is -2.21. The second-order valence-electron chi connectivity index (χ2n) is 5.54. The minimum absolute atomic E-state index is 0.0564. The van der Waals surface area contributed by atoms with Crippen LogP contribution in [0.4, 0.5) is 0 Å². The van der Waals surface area contributed by atoms with Crippen LogP contribution in [0.25, 0.3) is 0 Å². The molecule has 0 aliphatic carbocycles. The molecule has 6 nitrogen and oxygen atoms in total. The lowest BCUT2D eigenvalue weighted by atomic mass is 10.0. The fraction of sp³-hybridized carbons (Fsp3) is 0.533. The van der Waals surface area contributed by atoms with Gasteiger partial charge in [-0.05, 0) is 30.5 Å². The Kier molecular flexibility index (Phi) is 6.52. The van der Waals surface area contributed by atoms with Crippen LogP contribution >= 0.6 is 0 Å². The highest BCUT2D eigenvalue weighted by Crippen LogP contribution is 2.17. The van der Waals surface area contributed by atoms with E-state index in [4.69, 9.17) is 5.73 Å². The number of hydrogen-bond acceptors (Lipinski definition) is 5. The van der Waals surface area contributed by atoms with Crippen LogP contribution in [0.1, 0.15) is 30.6 Å². The molecule has 1 aromatic rings. The summed E-state index contributed by atoms with van der Waals surface area (Å²) < 4.78 is 30.9. The van der Waals surface area contributed by atoms with Gasteiger partial charge in [0, 0.05) is 19.6 Å². The Balaban J connectivity index is 2.91. The van der Waals surface area contributed by atoms with Gasteiger partial charge in [0.2, 0.25) is 10.0 Å². The largest absolute Gasteiger partial charge is 0.465 e. The zero-order chi connectivity index (χ0) is 16.9. The van der Waals surface area contributed by atoms with Crippen LogP contribution in [0.2, 0.25) is 0 Å². The van der Waals surface area contributed by atoms with E-state index in [1.54, 1.807) is 0 Å². The van der Waals surface area contributed by atoms with Crippen LogP contribution in [-0.4, -0.2) is 45.4 Å². The summed E-state index contributed by atoms with van der Waals surface area (Å²) in [6.07, 6.45) is 0.574. The predicted octanol–water partition coefficient (Wildman–Crippen LogP) is 1.47. The van der Waals surface area contributed by atoms with Crippen molar-refractivity contribution >= 4 is 16.0 Å². The Morgan fingerprint density at radius 3 is 2.55 bits per heavy atom. The number of rotatable bonds is 7. The van der Waals surface area contributed by atoms with Gasteiger partial charge < -0.3 is 10.5 Å². The summed E-state index contributed by atoms with van der Waals surface area (Å²) in [6.45, 7) is 4.32. The van der Waals surface area contributed by atoms with E-state index in [0.717, 1.165) is 0 Å². The Bertz CT molecular complexity index is 614. The van der Waals surface area contributed by atoms with E-state index >= 15 is 0 Å². The Morgan fingerprint density at radius 2 is 2.00 bits per heavy atom. The second-order valence-corrected chi connectivity index (χ2v) is 7.59. The first-order valence-corrected chi connectivity index (χ1v) is 8.54. The molecule has 0 saturated heterocycles. The predicted molar refractivity (Wildman–Crippen MR) is 85.0 cm³/mol. The smallest absolute Gasteiger partial charge is 0.337 e. The minimum atomic E-state index is -3.65. The third-order valence-electron chi connectivity index (χ3n) is 3.60. The lowest BCUT2D eigenvalue weighted by Crippen LogP contribution is -2.34. The summed E-state index contributed by atoms with van der Waals surface area (Å²) in [5.74, 6) is -0.278. The molecule has 22 heavy (non-hydrogen) atoms. The van der Waals surface area contributed by atoms with E-state index < -0.39 is 16.0 Å². The Labute approximate surface area is 132 Å². The van der Waals surface area contributed by atoms with E-state index in [9.17, 15) is 13.2 Å². The molecule has 0 aliphatic heterocycles. The van der Waals surface area contributed by atoms with Gasteiger partial charge in [-0.1, -0.05) is 19.9 Å². The number of nitrogens with two attached hydrogens (primary N) is 1. The van der Waals surface area contributed by atoms with Crippen molar-refractivity contribution < 1.29 is 17.9 Å². The summed E-state index contributed by atoms with van der Waals surface area (Å²) in [5.41, 5.74) is 6.15. The number of benzene rings is 1. The normalized spacial score (nSPS) is 13.4. The average Bonchev–Trinajstić information content (AvgIpc) is 2.51. The summed E-state index contributed by atoms with van der Waals surface area (Å²) in [4.78, 5) is 11.6. The summed E-state index contributed by atoms with van der Waals surface area (Å²) in [7, 11) is -0.895. The molecule has 1 unspecified atom stereocenters. The summed E-state index contributed by atoms with van der Waals surface area (Å²) in [5, 5.41) is 0. The number of carbonyl (C=O) groups is 1. The topological polar surface area (TPSA) is 89.7 Å². The Morgan fingerprint density at radius 1 is 1.36 bits per heavy atom. The lowest BCUT2D eigenvalue weighted by molar-refractivity contribution is 0.0600. The number of hydrogen-bond donors (Lipinski definition) is 1. The van der Waals surface area contributed by atoms with E-state index in [1.165, 1.54) is 42.7 Å². The second kappa shape index (κ2) is 7.71. The van der Waals surface area contributed by atoms with Crippen molar-refractivity contribution in [1.29, 1.82) is 0 Å². The third kappa shape index (κ3) is 4.53. The van der Waals surface area contributed by atoms with Gasteiger partial charge in [0.15, 0.2) is 0 Å². The van der Waals surface area contributed by atoms with Crippen LogP contribution in [0.3, 0.4) is 0 Å². The maximum atomic E-state index is 12.5. The van der Waals surface area contributed by atoms with Gasteiger partial charge in [0.25, 0.3) is 0 Å². The number of nitrogens with zero attached hydrogens (tertiary/aromatic N) is 1. The molecule has 7 heteroatoms. The first-order chi connectivity index (χ1) is 10.2. The van der Waals surface area contributed by atoms with E-state index in [2.05, 4.69) is 4.74 Å². The molecule has 2 N–H and O–H groups in total. The van der Waals surface area contributed by atoms with Gasteiger partial charge in [-0.25, -0.2) is 17.5 Å². The van der Waals surface area contributed by atoms with Crippen molar-refractivity contribution in [2.24, 2.45) is 11.7 Å². The van der Waals surface area contributed by atoms with Crippen molar-refractivity contribution in [2.75, 3.05) is 20.7 Å². The molecule has 0 aromatic heterocycles. The minimum Gasteiger partial charge on any atom is -0.465 e. The molecule has 0 spiro atoms. The van der Waals surface area contributed by atoms with Crippen molar-refractivity contribution in [3.8, 4) is 0 Å². The highest BCUT2D eigenvalue weighted by Gasteiger charge is 2.22. The van der Waals surface area contributed by atoms with Gasteiger partial charge in [-0.15, -0.1) is 0 Å². The van der Waals surface area contributed by atoms with Crippen molar-refractivity contribution in [3.05, 3.63) is 29.8 Å². The highest BCUT2D eigenvalue weighted by atomic mass is 32.2. The standard InChI is InChI=1S/C15H24N2O4S/c1-11(2)14(16)8-9-17(3)22(19,20)13-7-5-6-12(10-13)15(18)21-4/h5-7,10-11,14H,8-9,16H2,1-4H3. The van der Waals surface area contributed by atoms with Crippen molar-refractivity contribution in [1.82, 2.24) is 4.31 Å². The SMILES string of the molecule is COC(=O)c1cccc(S(=O)(=O)N(C)CCC(N)C(C)C)c1. The molecule has 0 amide bonds. The maximum Gasteiger partial charge on any atom is 0.337 e. The zero-order valence-electron chi connectivity index (χ0n) is 13.4. The van der Waals surface area contributed by atoms with Gasteiger partial charge >= 0.3 is 5.97 Å². The quantitative estimate of drug-likeness (QED) is 0.766. The first-order valence-electron chi connectivity index (χ1n) is 7.10. The molecular formula is C15H24N2O4S. The van der Waals surface area contributed by atoms with Crippen LogP contribution in [0.15, 0.2) is 29.2 Å².